The van der Waals surface area contributed by atoms with Gasteiger partial charge in [0.1, 0.15) is 0 Å². The minimum absolute atomic E-state index is 0.117. The van der Waals surface area contributed by atoms with Crippen LogP contribution >= 0.6 is 0 Å². The molecule has 0 radical (unpaired) electrons. The number of carbonyl (C=O) groups excluding carboxylic acids is 2. The smallest absolute Gasteiger partial charge is 0.272 e. The number of anilines is 1. The fourth-order valence-electron chi connectivity index (χ4n) is 2.36. The molecule has 8 heteroatoms. The molecule has 1 aliphatic rings. The van der Waals surface area contributed by atoms with Crippen LogP contribution in [0.25, 0.3) is 10.8 Å². The first-order chi connectivity index (χ1) is 10.1. The van der Waals surface area contributed by atoms with E-state index in [0.29, 0.717) is 0 Å². The van der Waals surface area contributed by atoms with Crippen molar-refractivity contribution in [3.05, 3.63) is 38.9 Å². The summed E-state index contributed by atoms with van der Waals surface area (Å²) in [6, 6.07) is 4.61. The molecular formula is C13H12N4O4. The maximum absolute atomic E-state index is 12.1. The van der Waals surface area contributed by atoms with E-state index in [1.807, 2.05) is 0 Å². The first kappa shape index (κ1) is 13.1. The zero-order valence-electron chi connectivity index (χ0n) is 10.9. The fraction of sp³-hybridized carbons (Fsp3) is 0.231. The quantitative estimate of drug-likeness (QED) is 0.582. The summed E-state index contributed by atoms with van der Waals surface area (Å²) in [4.78, 5) is 46.8. The number of carbonyl (C=O) groups is 2. The molecule has 0 spiro atoms. The molecule has 1 fully saturated rings. The van der Waals surface area contributed by atoms with E-state index in [1.54, 1.807) is 12.1 Å². The second-order valence-corrected chi connectivity index (χ2v) is 4.83. The second-order valence-electron chi connectivity index (χ2n) is 4.83. The Labute approximate surface area is 117 Å². The molecule has 8 nitrogen and oxygen atoms in total. The maximum Gasteiger partial charge on any atom is 0.272 e. The van der Waals surface area contributed by atoms with Crippen molar-refractivity contribution in [3.63, 3.8) is 0 Å². The van der Waals surface area contributed by atoms with Crippen LogP contribution in [0, 0.1) is 5.92 Å². The summed E-state index contributed by atoms with van der Waals surface area (Å²) < 4.78 is 0. The molecule has 108 valence electrons. The molecule has 4 N–H and O–H groups in total. The summed E-state index contributed by atoms with van der Waals surface area (Å²) in [7, 11) is 0. The molecule has 3 rings (SSSR count). The Kier molecular flexibility index (Phi) is 3.05. The summed E-state index contributed by atoms with van der Waals surface area (Å²) in [5, 5.41) is 9.94. The van der Waals surface area contributed by atoms with Gasteiger partial charge in [0.25, 0.3) is 11.1 Å². The topological polar surface area (TPSA) is 124 Å². The highest BCUT2D eigenvalue weighted by molar-refractivity contribution is 6.03. The van der Waals surface area contributed by atoms with E-state index in [4.69, 9.17) is 0 Å². The van der Waals surface area contributed by atoms with Gasteiger partial charge in [0.05, 0.1) is 22.4 Å². The van der Waals surface area contributed by atoms with Crippen molar-refractivity contribution in [3.8, 4) is 0 Å². The number of hydrogen-bond donors (Lipinski definition) is 4. The van der Waals surface area contributed by atoms with E-state index in [9.17, 15) is 19.2 Å². The van der Waals surface area contributed by atoms with Gasteiger partial charge in [-0.05, 0) is 12.1 Å². The molecule has 2 aromatic rings. The van der Waals surface area contributed by atoms with Crippen LogP contribution in [-0.2, 0) is 9.59 Å². The summed E-state index contributed by atoms with van der Waals surface area (Å²) in [6.45, 7) is 0.270. The van der Waals surface area contributed by atoms with Crippen molar-refractivity contribution < 1.29 is 9.59 Å². The molecule has 1 aromatic carbocycles. The van der Waals surface area contributed by atoms with E-state index in [1.165, 1.54) is 6.07 Å². The van der Waals surface area contributed by atoms with Crippen molar-refractivity contribution in [2.24, 2.45) is 5.92 Å². The fourth-order valence-corrected chi connectivity index (χ4v) is 2.36. The van der Waals surface area contributed by atoms with E-state index in [2.05, 4.69) is 20.8 Å². The summed E-state index contributed by atoms with van der Waals surface area (Å²) in [6.07, 6.45) is 0.119. The van der Waals surface area contributed by atoms with Crippen LogP contribution in [0.4, 0.5) is 5.69 Å². The van der Waals surface area contributed by atoms with Crippen molar-refractivity contribution >= 4 is 28.3 Å². The van der Waals surface area contributed by atoms with Gasteiger partial charge < -0.3 is 10.6 Å². The van der Waals surface area contributed by atoms with Gasteiger partial charge in [-0.15, -0.1) is 0 Å². The highest BCUT2D eigenvalue weighted by Crippen LogP contribution is 2.19. The van der Waals surface area contributed by atoms with E-state index >= 15 is 0 Å². The van der Waals surface area contributed by atoms with Crippen molar-refractivity contribution in [1.29, 1.82) is 0 Å². The average Bonchev–Trinajstić information content (AvgIpc) is 2.90. The second kappa shape index (κ2) is 4.89. The zero-order chi connectivity index (χ0) is 15.0. The minimum Gasteiger partial charge on any atom is -0.355 e. The predicted molar refractivity (Wildman–Crippen MR) is 74.9 cm³/mol. The van der Waals surface area contributed by atoms with Gasteiger partial charge in [-0.1, -0.05) is 6.07 Å². The number of aromatic amines is 2. The molecule has 21 heavy (non-hydrogen) atoms. The largest absolute Gasteiger partial charge is 0.355 e. The van der Waals surface area contributed by atoms with Gasteiger partial charge in [-0.25, -0.2) is 0 Å². The predicted octanol–water partition coefficient (Wildman–Crippen LogP) is -0.709. The van der Waals surface area contributed by atoms with Crippen molar-refractivity contribution in [2.75, 3.05) is 11.9 Å². The van der Waals surface area contributed by atoms with Crippen LogP contribution in [0.2, 0.25) is 0 Å². The Morgan fingerprint density at radius 2 is 1.90 bits per heavy atom. The number of amides is 2. The van der Waals surface area contributed by atoms with Gasteiger partial charge in [0, 0.05) is 13.0 Å². The van der Waals surface area contributed by atoms with Crippen LogP contribution < -0.4 is 21.8 Å². The molecule has 1 aromatic heterocycles. The molecule has 1 aliphatic heterocycles. The maximum atomic E-state index is 12.1. The zero-order valence-corrected chi connectivity index (χ0v) is 10.9. The van der Waals surface area contributed by atoms with E-state index in [-0.39, 0.29) is 41.2 Å². The Bertz CT molecular complexity index is 851. The lowest BCUT2D eigenvalue weighted by atomic mass is 10.1. The molecular weight excluding hydrogens is 276 g/mol. The number of H-pyrrole nitrogens is 2. The van der Waals surface area contributed by atoms with Crippen LogP contribution in [0.1, 0.15) is 6.42 Å². The molecule has 1 saturated heterocycles. The first-order valence-electron chi connectivity index (χ1n) is 6.37. The molecule has 1 atom stereocenters. The molecule has 0 saturated carbocycles. The number of hydrogen-bond acceptors (Lipinski definition) is 4. The lowest BCUT2D eigenvalue weighted by Crippen LogP contribution is -2.26. The highest BCUT2D eigenvalue weighted by Gasteiger charge is 2.28. The van der Waals surface area contributed by atoms with Crippen LogP contribution in [0.5, 0.6) is 0 Å². The minimum atomic E-state index is -0.499. The van der Waals surface area contributed by atoms with E-state index < -0.39 is 17.0 Å². The SMILES string of the molecule is O=C1CC(C(=O)Nc2cccc3c(=O)[nH][nH]c(=O)c23)CN1. The summed E-state index contributed by atoms with van der Waals surface area (Å²) >= 11 is 0. The third-order valence-corrected chi connectivity index (χ3v) is 3.43. The Morgan fingerprint density at radius 3 is 2.62 bits per heavy atom. The molecule has 1 unspecified atom stereocenters. The van der Waals surface area contributed by atoms with Crippen LogP contribution in [0.15, 0.2) is 27.8 Å². The van der Waals surface area contributed by atoms with Crippen LogP contribution in [-0.4, -0.2) is 28.6 Å². The molecule has 0 bridgehead atoms. The lowest BCUT2D eigenvalue weighted by Gasteiger charge is -2.10. The van der Waals surface area contributed by atoms with Gasteiger partial charge in [0.15, 0.2) is 0 Å². The number of fused-ring (bicyclic) bond motifs is 1. The first-order valence-corrected chi connectivity index (χ1v) is 6.37. The Morgan fingerprint density at radius 1 is 1.14 bits per heavy atom. The lowest BCUT2D eigenvalue weighted by molar-refractivity contribution is -0.123. The Hall–Kier alpha value is -2.90. The van der Waals surface area contributed by atoms with Crippen LogP contribution in [0.3, 0.4) is 0 Å². The highest BCUT2D eigenvalue weighted by atomic mass is 16.2. The van der Waals surface area contributed by atoms with E-state index in [0.717, 1.165) is 0 Å². The number of benzene rings is 1. The van der Waals surface area contributed by atoms with Crippen molar-refractivity contribution in [2.45, 2.75) is 6.42 Å². The van der Waals surface area contributed by atoms with Gasteiger partial charge in [-0.2, -0.15) is 0 Å². The molecule has 2 heterocycles. The van der Waals surface area contributed by atoms with Gasteiger partial charge in [0.2, 0.25) is 11.8 Å². The standard InChI is InChI=1S/C13H12N4O4/c18-9-4-6(5-14-9)11(19)15-8-3-1-2-7-10(8)13(21)17-16-12(7)20/h1-3,6H,4-5H2,(H,14,18)(H,15,19)(H,16,20)(H,17,21). The number of rotatable bonds is 2. The third-order valence-electron chi connectivity index (χ3n) is 3.43. The third kappa shape index (κ3) is 2.31. The summed E-state index contributed by atoms with van der Waals surface area (Å²) in [5.74, 6) is -1.02. The molecule has 2 amide bonds. The van der Waals surface area contributed by atoms with Gasteiger partial charge >= 0.3 is 0 Å². The molecule has 0 aliphatic carbocycles. The number of nitrogens with one attached hydrogen (secondary N) is 4. The number of aromatic nitrogens is 2. The van der Waals surface area contributed by atoms with Crippen molar-refractivity contribution in [1.82, 2.24) is 15.5 Å². The Balaban J connectivity index is 2.00. The normalized spacial score (nSPS) is 17.7. The van der Waals surface area contributed by atoms with Gasteiger partial charge in [-0.3, -0.25) is 29.4 Å². The monoisotopic (exact) mass is 288 g/mol. The summed E-state index contributed by atoms with van der Waals surface area (Å²) in [5.41, 5.74) is -0.691. The average molecular weight is 288 g/mol.